The lowest BCUT2D eigenvalue weighted by Crippen LogP contribution is -2.15. The summed E-state index contributed by atoms with van der Waals surface area (Å²) in [6.45, 7) is 6.58. The average Bonchev–Trinajstić information content (AvgIpc) is 2.54. The van der Waals surface area contributed by atoms with Crippen LogP contribution in [0.4, 0.5) is 0 Å². The summed E-state index contributed by atoms with van der Waals surface area (Å²) in [4.78, 5) is 11.8. The van der Waals surface area contributed by atoms with Crippen molar-refractivity contribution in [2.45, 2.75) is 32.6 Å². The number of hydrogen-bond donors (Lipinski definition) is 0. The van der Waals surface area contributed by atoms with E-state index in [1.54, 1.807) is 6.08 Å². The second kappa shape index (κ2) is 7.08. The van der Waals surface area contributed by atoms with E-state index in [-0.39, 0.29) is 11.4 Å². The molecule has 2 rings (SSSR count). The third kappa shape index (κ3) is 4.32. The molecule has 0 aliphatic heterocycles. The predicted octanol–water partition coefficient (Wildman–Crippen LogP) is 4.99. The van der Waals surface area contributed by atoms with Crippen LogP contribution in [0.5, 0.6) is 5.75 Å². The molecule has 2 aromatic carbocycles. The monoisotopic (exact) mass is 294 g/mol. The molecule has 2 nitrogen and oxygen atoms in total. The van der Waals surface area contributed by atoms with Gasteiger partial charge in [0.2, 0.25) is 0 Å². The molecule has 0 saturated carbocycles. The lowest BCUT2D eigenvalue weighted by Gasteiger charge is -2.23. The average molecular weight is 294 g/mol. The molecular weight excluding hydrogens is 272 g/mol. The molecule has 22 heavy (non-hydrogen) atoms. The van der Waals surface area contributed by atoms with Crippen LogP contribution in [-0.4, -0.2) is 5.97 Å². The summed E-state index contributed by atoms with van der Waals surface area (Å²) in [5.74, 6) is 0.199. The number of rotatable bonds is 5. The first-order chi connectivity index (χ1) is 10.5. The maximum atomic E-state index is 11.8. The minimum Gasteiger partial charge on any atom is -0.423 e. The van der Waals surface area contributed by atoms with Crippen LogP contribution in [-0.2, 0) is 10.2 Å². The molecule has 0 bridgehead atoms. The number of benzene rings is 2. The molecule has 0 unspecified atom stereocenters. The van der Waals surface area contributed by atoms with Gasteiger partial charge in [0.25, 0.3) is 0 Å². The van der Waals surface area contributed by atoms with Gasteiger partial charge >= 0.3 is 5.97 Å². The van der Waals surface area contributed by atoms with Gasteiger partial charge in [0, 0.05) is 6.08 Å². The quantitative estimate of drug-likeness (QED) is 0.441. The number of esters is 1. The van der Waals surface area contributed by atoms with Gasteiger partial charge < -0.3 is 4.74 Å². The number of carbonyl (C=O) groups is 1. The van der Waals surface area contributed by atoms with Gasteiger partial charge in [-0.05, 0) is 41.2 Å². The van der Waals surface area contributed by atoms with Crippen molar-refractivity contribution < 1.29 is 9.53 Å². The van der Waals surface area contributed by atoms with Crippen molar-refractivity contribution in [2.75, 3.05) is 0 Å². The predicted molar refractivity (Wildman–Crippen MR) is 90.9 cm³/mol. The Hall–Kier alpha value is -2.35. The van der Waals surface area contributed by atoms with Crippen molar-refractivity contribution in [1.29, 1.82) is 0 Å². The van der Waals surface area contributed by atoms with Gasteiger partial charge in [-0.2, -0.15) is 0 Å². The second-order valence-corrected chi connectivity index (χ2v) is 5.93. The molecule has 0 spiro atoms. The zero-order valence-electron chi connectivity index (χ0n) is 13.4. The standard InChI is InChI=1S/C20H22O2/c1-4-20(2,3)17-11-13-18(14-12-17)22-19(21)15-10-16-8-6-5-7-9-16/h5-15H,4H2,1-3H3/b15-10+. The maximum absolute atomic E-state index is 11.8. The summed E-state index contributed by atoms with van der Waals surface area (Å²) in [6, 6.07) is 17.4. The summed E-state index contributed by atoms with van der Waals surface area (Å²) < 4.78 is 5.31. The zero-order valence-corrected chi connectivity index (χ0v) is 13.4. The molecule has 0 saturated heterocycles. The molecule has 114 valence electrons. The van der Waals surface area contributed by atoms with E-state index >= 15 is 0 Å². The van der Waals surface area contributed by atoms with E-state index < -0.39 is 0 Å². The van der Waals surface area contributed by atoms with Crippen molar-refractivity contribution in [3.8, 4) is 5.75 Å². The van der Waals surface area contributed by atoms with E-state index in [1.165, 1.54) is 11.6 Å². The summed E-state index contributed by atoms with van der Waals surface area (Å²) >= 11 is 0. The van der Waals surface area contributed by atoms with Gasteiger partial charge in [-0.25, -0.2) is 4.79 Å². The molecule has 0 N–H and O–H groups in total. The fourth-order valence-corrected chi connectivity index (χ4v) is 2.06. The first kappa shape index (κ1) is 16.0. The Morgan fingerprint density at radius 2 is 1.68 bits per heavy atom. The smallest absolute Gasteiger partial charge is 0.336 e. The highest BCUT2D eigenvalue weighted by molar-refractivity contribution is 5.88. The molecule has 2 heteroatoms. The fourth-order valence-electron chi connectivity index (χ4n) is 2.06. The molecule has 0 radical (unpaired) electrons. The highest BCUT2D eigenvalue weighted by Crippen LogP contribution is 2.28. The summed E-state index contributed by atoms with van der Waals surface area (Å²) in [6.07, 6.45) is 4.25. The lowest BCUT2D eigenvalue weighted by molar-refractivity contribution is -0.128. The van der Waals surface area contributed by atoms with Crippen molar-refractivity contribution in [3.05, 3.63) is 71.8 Å². The van der Waals surface area contributed by atoms with E-state index in [9.17, 15) is 4.79 Å². The molecular formula is C20H22O2. The lowest BCUT2D eigenvalue weighted by atomic mass is 9.82. The van der Waals surface area contributed by atoms with Crippen molar-refractivity contribution in [2.24, 2.45) is 0 Å². The summed E-state index contributed by atoms with van der Waals surface area (Å²) in [5, 5.41) is 0. The Kier molecular flexibility index (Phi) is 5.16. The minimum absolute atomic E-state index is 0.135. The van der Waals surface area contributed by atoms with Crippen LogP contribution in [0.2, 0.25) is 0 Å². The number of hydrogen-bond acceptors (Lipinski definition) is 2. The molecule has 2 aromatic rings. The van der Waals surface area contributed by atoms with Gasteiger partial charge in [0.1, 0.15) is 5.75 Å². The van der Waals surface area contributed by atoms with E-state index in [4.69, 9.17) is 4.74 Å². The largest absolute Gasteiger partial charge is 0.423 e. The van der Waals surface area contributed by atoms with Crippen LogP contribution in [0.25, 0.3) is 6.08 Å². The number of ether oxygens (including phenoxy) is 1. The first-order valence-corrected chi connectivity index (χ1v) is 7.57. The Morgan fingerprint density at radius 3 is 2.27 bits per heavy atom. The van der Waals surface area contributed by atoms with Gasteiger partial charge in [-0.1, -0.05) is 63.2 Å². The van der Waals surface area contributed by atoms with Crippen molar-refractivity contribution in [1.82, 2.24) is 0 Å². The summed E-state index contributed by atoms with van der Waals surface area (Å²) in [5.41, 5.74) is 2.35. The van der Waals surface area contributed by atoms with Crippen LogP contribution in [0.3, 0.4) is 0 Å². The highest BCUT2D eigenvalue weighted by atomic mass is 16.5. The van der Waals surface area contributed by atoms with E-state index in [2.05, 4.69) is 20.8 Å². The fraction of sp³-hybridized carbons (Fsp3) is 0.250. The molecule has 0 atom stereocenters. The highest BCUT2D eigenvalue weighted by Gasteiger charge is 2.17. The van der Waals surface area contributed by atoms with Gasteiger partial charge in [-0.3, -0.25) is 0 Å². The topological polar surface area (TPSA) is 26.3 Å². The Bertz CT molecular complexity index is 637. The summed E-state index contributed by atoms with van der Waals surface area (Å²) in [7, 11) is 0. The van der Waals surface area contributed by atoms with Crippen molar-refractivity contribution in [3.63, 3.8) is 0 Å². The molecule has 0 aromatic heterocycles. The first-order valence-electron chi connectivity index (χ1n) is 7.57. The number of carbonyl (C=O) groups excluding carboxylic acids is 1. The third-order valence-corrected chi connectivity index (χ3v) is 3.95. The van der Waals surface area contributed by atoms with Gasteiger partial charge in [0.15, 0.2) is 0 Å². The molecule has 0 aliphatic carbocycles. The normalized spacial score (nSPS) is 11.6. The second-order valence-electron chi connectivity index (χ2n) is 5.93. The van der Waals surface area contributed by atoms with E-state index in [0.29, 0.717) is 5.75 Å². The zero-order chi connectivity index (χ0) is 16.0. The Labute approximate surface area is 132 Å². The Morgan fingerprint density at radius 1 is 1.05 bits per heavy atom. The molecule has 0 heterocycles. The van der Waals surface area contributed by atoms with Crippen LogP contribution >= 0.6 is 0 Å². The Balaban J connectivity index is 1.99. The van der Waals surface area contributed by atoms with Crippen LogP contribution in [0, 0.1) is 0 Å². The van der Waals surface area contributed by atoms with Crippen LogP contribution in [0.1, 0.15) is 38.3 Å². The van der Waals surface area contributed by atoms with Gasteiger partial charge in [-0.15, -0.1) is 0 Å². The van der Waals surface area contributed by atoms with Gasteiger partial charge in [0.05, 0.1) is 0 Å². The third-order valence-electron chi connectivity index (χ3n) is 3.95. The van der Waals surface area contributed by atoms with E-state index in [1.807, 2.05) is 54.6 Å². The van der Waals surface area contributed by atoms with Crippen LogP contribution in [0.15, 0.2) is 60.7 Å². The van der Waals surface area contributed by atoms with Crippen LogP contribution < -0.4 is 4.74 Å². The molecule has 0 fully saturated rings. The SMILES string of the molecule is CCC(C)(C)c1ccc(OC(=O)/C=C/c2ccccc2)cc1. The molecule has 0 aliphatic rings. The minimum atomic E-state index is -0.369. The maximum Gasteiger partial charge on any atom is 0.336 e. The molecule has 0 amide bonds. The van der Waals surface area contributed by atoms with E-state index in [0.717, 1.165) is 12.0 Å². The van der Waals surface area contributed by atoms with Crippen molar-refractivity contribution >= 4 is 12.0 Å².